The Morgan fingerprint density at radius 1 is 1.11 bits per heavy atom. The minimum absolute atomic E-state index is 0.0335. The van der Waals surface area contributed by atoms with Gasteiger partial charge in [-0.3, -0.25) is 4.79 Å². The first-order valence-electron chi connectivity index (χ1n) is 6.76. The monoisotopic (exact) mass is 250 g/mol. The molecule has 2 rings (SSSR count). The van der Waals surface area contributed by atoms with Crippen LogP contribution >= 0.6 is 0 Å². The van der Waals surface area contributed by atoms with Gasteiger partial charge in [-0.05, 0) is 25.3 Å². The Hall–Kier alpha value is -0.930. The third-order valence-corrected chi connectivity index (χ3v) is 4.24. The summed E-state index contributed by atoms with van der Waals surface area (Å²) < 4.78 is 11.8. The van der Waals surface area contributed by atoms with Gasteiger partial charge in [-0.25, -0.2) is 0 Å². The number of ether oxygens (including phenoxy) is 2. The topological polar surface area (TPSA) is 35.5 Å². The van der Waals surface area contributed by atoms with Crippen molar-refractivity contribution in [2.45, 2.75) is 44.3 Å². The van der Waals surface area contributed by atoms with Crippen molar-refractivity contribution >= 4 is 5.78 Å². The molecule has 0 unspecified atom stereocenters. The Balaban J connectivity index is 2.44. The fourth-order valence-electron chi connectivity index (χ4n) is 3.38. The number of rotatable bonds is 4. The van der Waals surface area contributed by atoms with Gasteiger partial charge in [0.05, 0.1) is 18.6 Å². The van der Waals surface area contributed by atoms with E-state index in [0.29, 0.717) is 19.6 Å². The molecule has 0 aromatic heterocycles. The standard InChI is InChI=1S/C15H22O3/c1-3-8-14(13(16)4-2)9-6-5-7-10-15(14)17-11-12-18-15/h3-4H,1-2,5-12H2/t14-/m1/s1. The van der Waals surface area contributed by atoms with E-state index in [1.807, 2.05) is 0 Å². The highest BCUT2D eigenvalue weighted by atomic mass is 16.7. The molecule has 0 N–H and O–H groups in total. The molecule has 0 aromatic carbocycles. The van der Waals surface area contributed by atoms with Crippen molar-refractivity contribution in [2.24, 2.45) is 5.41 Å². The summed E-state index contributed by atoms with van der Waals surface area (Å²) in [6.45, 7) is 8.60. The van der Waals surface area contributed by atoms with Crippen molar-refractivity contribution in [1.82, 2.24) is 0 Å². The maximum atomic E-state index is 12.5. The Kier molecular flexibility index (Phi) is 4.03. The van der Waals surface area contributed by atoms with Crippen LogP contribution in [0.25, 0.3) is 0 Å². The van der Waals surface area contributed by atoms with Crippen molar-refractivity contribution in [3.8, 4) is 0 Å². The molecule has 1 spiro atoms. The Bertz CT molecular complexity index is 342. The normalized spacial score (nSPS) is 30.9. The summed E-state index contributed by atoms with van der Waals surface area (Å²) in [6, 6.07) is 0. The molecule has 0 amide bonds. The van der Waals surface area contributed by atoms with E-state index < -0.39 is 11.2 Å². The van der Waals surface area contributed by atoms with E-state index >= 15 is 0 Å². The molecule has 1 saturated heterocycles. The minimum atomic E-state index is -0.747. The lowest BCUT2D eigenvalue weighted by atomic mass is 9.69. The van der Waals surface area contributed by atoms with Crippen molar-refractivity contribution in [3.05, 3.63) is 25.3 Å². The maximum absolute atomic E-state index is 12.5. The molecule has 2 aliphatic rings. The molecule has 1 aliphatic carbocycles. The number of hydrogen-bond donors (Lipinski definition) is 0. The summed E-state index contributed by atoms with van der Waals surface area (Å²) >= 11 is 0. The van der Waals surface area contributed by atoms with E-state index in [2.05, 4.69) is 13.2 Å². The summed E-state index contributed by atoms with van der Waals surface area (Å²) in [5.41, 5.74) is -0.622. The van der Waals surface area contributed by atoms with Crippen LogP contribution in [0.3, 0.4) is 0 Å². The van der Waals surface area contributed by atoms with Crippen molar-refractivity contribution in [2.75, 3.05) is 13.2 Å². The SMILES string of the molecule is C=CC[C@]1(C(=O)C=C)CCCCCC12OCCO2. The summed E-state index contributed by atoms with van der Waals surface area (Å²) in [6.07, 6.45) is 8.60. The molecule has 3 nitrogen and oxygen atoms in total. The van der Waals surface area contributed by atoms with Gasteiger partial charge < -0.3 is 9.47 Å². The molecule has 1 aliphatic heterocycles. The van der Waals surface area contributed by atoms with E-state index in [4.69, 9.17) is 9.47 Å². The number of allylic oxidation sites excluding steroid dienone is 2. The van der Waals surface area contributed by atoms with Gasteiger partial charge in [0.2, 0.25) is 0 Å². The molecule has 0 aromatic rings. The maximum Gasteiger partial charge on any atom is 0.181 e. The molecule has 18 heavy (non-hydrogen) atoms. The second kappa shape index (κ2) is 5.37. The van der Waals surface area contributed by atoms with Gasteiger partial charge in [-0.1, -0.05) is 25.5 Å². The average molecular weight is 250 g/mol. The Morgan fingerprint density at radius 2 is 1.78 bits per heavy atom. The van der Waals surface area contributed by atoms with Crippen LogP contribution in [0.1, 0.15) is 38.5 Å². The van der Waals surface area contributed by atoms with Crippen LogP contribution in [0.4, 0.5) is 0 Å². The highest BCUT2D eigenvalue weighted by molar-refractivity contribution is 5.95. The quantitative estimate of drug-likeness (QED) is 0.568. The van der Waals surface area contributed by atoms with Crippen LogP contribution in [0.2, 0.25) is 0 Å². The second-order valence-corrected chi connectivity index (χ2v) is 5.15. The number of ketones is 1. The number of carbonyl (C=O) groups is 1. The average Bonchev–Trinajstić information content (AvgIpc) is 2.78. The van der Waals surface area contributed by atoms with E-state index in [1.165, 1.54) is 6.08 Å². The lowest BCUT2D eigenvalue weighted by Crippen LogP contribution is -2.53. The van der Waals surface area contributed by atoms with Crippen LogP contribution in [-0.4, -0.2) is 24.8 Å². The van der Waals surface area contributed by atoms with Gasteiger partial charge in [0.1, 0.15) is 0 Å². The lowest BCUT2D eigenvalue weighted by Gasteiger charge is -2.43. The fraction of sp³-hybridized carbons (Fsp3) is 0.667. The summed E-state index contributed by atoms with van der Waals surface area (Å²) in [7, 11) is 0. The molecule has 1 saturated carbocycles. The first-order valence-corrected chi connectivity index (χ1v) is 6.76. The fourth-order valence-corrected chi connectivity index (χ4v) is 3.38. The molecular formula is C15H22O3. The highest BCUT2D eigenvalue weighted by Crippen LogP contribution is 2.51. The smallest absolute Gasteiger partial charge is 0.181 e. The van der Waals surface area contributed by atoms with E-state index in [9.17, 15) is 4.79 Å². The van der Waals surface area contributed by atoms with Gasteiger partial charge in [0.25, 0.3) is 0 Å². The largest absolute Gasteiger partial charge is 0.346 e. The third kappa shape index (κ3) is 1.95. The third-order valence-electron chi connectivity index (χ3n) is 4.24. The summed E-state index contributed by atoms with van der Waals surface area (Å²) in [4.78, 5) is 12.5. The van der Waals surface area contributed by atoms with Gasteiger partial charge >= 0.3 is 0 Å². The zero-order chi connectivity index (χ0) is 13.1. The van der Waals surface area contributed by atoms with Gasteiger partial charge in [0, 0.05) is 6.42 Å². The first kappa shape index (κ1) is 13.5. The molecule has 0 bridgehead atoms. The lowest BCUT2D eigenvalue weighted by molar-refractivity contribution is -0.233. The van der Waals surface area contributed by atoms with Crippen molar-refractivity contribution < 1.29 is 14.3 Å². The Labute approximate surface area is 109 Å². The highest BCUT2D eigenvalue weighted by Gasteiger charge is 2.58. The molecule has 2 fully saturated rings. The van der Waals surface area contributed by atoms with Crippen LogP contribution in [0.5, 0.6) is 0 Å². The molecular weight excluding hydrogens is 228 g/mol. The van der Waals surface area contributed by atoms with Crippen LogP contribution in [0, 0.1) is 5.41 Å². The number of hydrogen-bond acceptors (Lipinski definition) is 3. The zero-order valence-electron chi connectivity index (χ0n) is 11.0. The predicted molar refractivity (Wildman–Crippen MR) is 70.2 cm³/mol. The molecule has 1 heterocycles. The van der Waals surface area contributed by atoms with Crippen molar-refractivity contribution in [3.63, 3.8) is 0 Å². The molecule has 100 valence electrons. The van der Waals surface area contributed by atoms with Crippen LogP contribution in [-0.2, 0) is 14.3 Å². The summed E-state index contributed by atoms with van der Waals surface area (Å²) in [5, 5.41) is 0. The van der Waals surface area contributed by atoms with Gasteiger partial charge in [0.15, 0.2) is 11.6 Å². The van der Waals surface area contributed by atoms with Gasteiger partial charge in [-0.15, -0.1) is 6.58 Å². The Morgan fingerprint density at radius 3 is 2.39 bits per heavy atom. The second-order valence-electron chi connectivity index (χ2n) is 5.15. The number of carbonyl (C=O) groups excluding carboxylic acids is 1. The van der Waals surface area contributed by atoms with E-state index in [0.717, 1.165) is 32.1 Å². The van der Waals surface area contributed by atoms with Crippen molar-refractivity contribution in [1.29, 1.82) is 0 Å². The first-order chi connectivity index (χ1) is 8.71. The summed E-state index contributed by atoms with van der Waals surface area (Å²) in [5.74, 6) is -0.714. The van der Waals surface area contributed by atoms with E-state index in [-0.39, 0.29) is 5.78 Å². The zero-order valence-corrected chi connectivity index (χ0v) is 11.0. The molecule has 3 heteroatoms. The predicted octanol–water partition coefficient (Wildman–Crippen LogP) is 3.01. The minimum Gasteiger partial charge on any atom is -0.346 e. The van der Waals surface area contributed by atoms with Crippen LogP contribution < -0.4 is 0 Å². The van der Waals surface area contributed by atoms with Gasteiger partial charge in [-0.2, -0.15) is 0 Å². The van der Waals surface area contributed by atoms with Crippen LogP contribution in [0.15, 0.2) is 25.3 Å². The molecule has 1 atom stereocenters. The van der Waals surface area contributed by atoms with E-state index in [1.54, 1.807) is 6.08 Å². The molecule has 0 radical (unpaired) electrons.